The van der Waals surface area contributed by atoms with Crippen molar-refractivity contribution in [3.8, 4) is 5.75 Å². The van der Waals surface area contributed by atoms with E-state index in [-0.39, 0.29) is 5.97 Å². The Kier molecular flexibility index (Phi) is 5.51. The molecule has 0 aromatic heterocycles. The molecule has 0 spiro atoms. The number of thioether (sulfide) groups is 1. The Morgan fingerprint density at radius 1 is 1.05 bits per heavy atom. The normalized spacial score (nSPS) is 12.2. The average molecular weight is 329 g/mol. The van der Waals surface area contributed by atoms with Crippen LogP contribution >= 0.6 is 11.8 Å². The van der Waals surface area contributed by atoms with E-state index in [9.17, 15) is 4.79 Å². The maximum absolute atomic E-state index is 12.4. The molecule has 3 nitrogen and oxygen atoms in total. The summed E-state index contributed by atoms with van der Waals surface area (Å²) in [6.07, 6.45) is 1.99. The quantitative estimate of drug-likeness (QED) is 0.584. The maximum atomic E-state index is 12.4. The van der Waals surface area contributed by atoms with Gasteiger partial charge in [0.05, 0.1) is 5.56 Å². The standard InChI is InChI=1S/C14H24O3SSi2/c1-18-11-8-9-13(16-19(2,3)4)12(10-11)14(15)17-20(5,6)7/h8-10H,1-7H3. The van der Waals surface area contributed by atoms with Crippen molar-refractivity contribution in [3.63, 3.8) is 0 Å². The molecule has 112 valence electrons. The van der Waals surface area contributed by atoms with Crippen molar-refractivity contribution in [1.29, 1.82) is 0 Å². The van der Waals surface area contributed by atoms with E-state index in [0.717, 1.165) is 4.90 Å². The van der Waals surface area contributed by atoms with Crippen LogP contribution in [0, 0.1) is 0 Å². The molecule has 0 atom stereocenters. The van der Waals surface area contributed by atoms with Gasteiger partial charge in [-0.15, -0.1) is 11.8 Å². The van der Waals surface area contributed by atoms with Crippen molar-refractivity contribution in [2.24, 2.45) is 0 Å². The molecule has 0 saturated carbocycles. The lowest BCUT2D eigenvalue weighted by Gasteiger charge is -2.23. The molecular weight excluding hydrogens is 304 g/mol. The number of rotatable bonds is 5. The zero-order valence-corrected chi connectivity index (χ0v) is 16.2. The molecule has 0 amide bonds. The van der Waals surface area contributed by atoms with Crippen molar-refractivity contribution in [1.82, 2.24) is 0 Å². The SMILES string of the molecule is CSc1ccc(O[Si](C)(C)C)c(C(=O)O[Si](C)(C)C)c1. The summed E-state index contributed by atoms with van der Waals surface area (Å²) in [5.41, 5.74) is 0.543. The molecule has 0 fully saturated rings. The van der Waals surface area contributed by atoms with Crippen LogP contribution in [0.1, 0.15) is 10.4 Å². The lowest BCUT2D eigenvalue weighted by atomic mass is 10.2. The highest BCUT2D eigenvalue weighted by atomic mass is 32.2. The number of hydrogen-bond acceptors (Lipinski definition) is 4. The highest BCUT2D eigenvalue weighted by Crippen LogP contribution is 2.28. The van der Waals surface area contributed by atoms with Gasteiger partial charge in [0.25, 0.3) is 0 Å². The Hall–Kier alpha value is -0.726. The summed E-state index contributed by atoms with van der Waals surface area (Å²) in [4.78, 5) is 13.4. The maximum Gasteiger partial charge on any atom is 0.328 e. The van der Waals surface area contributed by atoms with Crippen molar-refractivity contribution < 1.29 is 13.6 Å². The summed E-state index contributed by atoms with van der Waals surface area (Å²) in [5.74, 6) is 0.374. The van der Waals surface area contributed by atoms with E-state index >= 15 is 0 Å². The summed E-state index contributed by atoms with van der Waals surface area (Å²) in [7, 11) is -3.68. The molecule has 1 rings (SSSR count). The Balaban J connectivity index is 3.16. The van der Waals surface area contributed by atoms with Gasteiger partial charge in [0.1, 0.15) is 5.75 Å². The summed E-state index contributed by atoms with van der Waals surface area (Å²) in [6, 6.07) is 5.72. The van der Waals surface area contributed by atoms with Crippen LogP contribution in [0.5, 0.6) is 5.75 Å². The second-order valence-corrected chi connectivity index (χ2v) is 16.3. The molecule has 1 aromatic carbocycles. The smallest absolute Gasteiger partial charge is 0.328 e. The first-order chi connectivity index (χ1) is 9.02. The molecule has 0 N–H and O–H groups in total. The Morgan fingerprint density at radius 2 is 1.65 bits per heavy atom. The fourth-order valence-corrected chi connectivity index (χ4v) is 3.49. The molecule has 0 aliphatic rings. The van der Waals surface area contributed by atoms with Crippen LogP contribution in [-0.2, 0) is 4.43 Å². The van der Waals surface area contributed by atoms with Gasteiger partial charge in [0.15, 0.2) is 0 Å². The van der Waals surface area contributed by atoms with Gasteiger partial charge in [-0.1, -0.05) is 0 Å². The van der Waals surface area contributed by atoms with E-state index in [2.05, 4.69) is 19.6 Å². The molecule has 0 heterocycles. The second kappa shape index (κ2) is 6.36. The fourth-order valence-electron chi connectivity index (χ4n) is 1.55. The Labute approximate surface area is 128 Å². The van der Waals surface area contributed by atoms with Gasteiger partial charge in [0, 0.05) is 4.90 Å². The van der Waals surface area contributed by atoms with Gasteiger partial charge in [-0.25, -0.2) is 4.79 Å². The third-order valence-corrected chi connectivity index (χ3v) is 4.58. The zero-order chi connectivity index (χ0) is 15.6. The number of hydrogen-bond donors (Lipinski definition) is 0. The number of carbonyl (C=O) groups is 1. The van der Waals surface area contributed by atoms with Crippen molar-refractivity contribution in [2.75, 3.05) is 6.26 Å². The average Bonchev–Trinajstić information content (AvgIpc) is 2.25. The molecule has 6 heteroatoms. The first-order valence-corrected chi connectivity index (χ1v) is 14.7. The molecule has 0 aliphatic carbocycles. The van der Waals surface area contributed by atoms with Crippen molar-refractivity contribution in [2.45, 2.75) is 44.2 Å². The highest BCUT2D eigenvalue weighted by molar-refractivity contribution is 7.98. The monoisotopic (exact) mass is 328 g/mol. The molecule has 0 unspecified atom stereocenters. The van der Waals surface area contributed by atoms with Crippen molar-refractivity contribution in [3.05, 3.63) is 23.8 Å². The van der Waals surface area contributed by atoms with Gasteiger partial charge in [-0.05, 0) is 63.7 Å². The molecule has 1 aromatic rings. The lowest BCUT2D eigenvalue weighted by Crippen LogP contribution is -2.32. The largest absolute Gasteiger partial charge is 0.544 e. The first kappa shape index (κ1) is 17.3. The number of benzene rings is 1. The van der Waals surface area contributed by atoms with E-state index in [0.29, 0.717) is 11.3 Å². The summed E-state index contributed by atoms with van der Waals surface area (Å²) < 4.78 is 11.6. The molecular formula is C14H24O3SSi2. The highest BCUT2D eigenvalue weighted by Gasteiger charge is 2.26. The van der Waals surface area contributed by atoms with Crippen molar-refractivity contribution >= 4 is 34.4 Å². The van der Waals surface area contributed by atoms with Gasteiger partial charge in [-0.3, -0.25) is 0 Å². The van der Waals surface area contributed by atoms with E-state index in [4.69, 9.17) is 8.85 Å². The van der Waals surface area contributed by atoms with Crippen LogP contribution in [-0.4, -0.2) is 28.9 Å². The van der Waals surface area contributed by atoms with E-state index in [1.165, 1.54) is 0 Å². The van der Waals surface area contributed by atoms with Gasteiger partial charge < -0.3 is 8.85 Å². The number of carbonyl (C=O) groups excluding carboxylic acids is 1. The van der Waals surface area contributed by atoms with E-state index in [1.807, 2.05) is 44.1 Å². The first-order valence-electron chi connectivity index (χ1n) is 6.62. The van der Waals surface area contributed by atoms with Crippen LogP contribution in [0.4, 0.5) is 0 Å². The Morgan fingerprint density at radius 3 is 2.10 bits per heavy atom. The third-order valence-electron chi connectivity index (χ3n) is 2.22. The van der Waals surface area contributed by atoms with E-state index < -0.39 is 16.6 Å². The molecule has 0 aliphatic heterocycles. The van der Waals surface area contributed by atoms with Crippen LogP contribution in [0.15, 0.2) is 23.1 Å². The minimum Gasteiger partial charge on any atom is -0.544 e. The molecule has 20 heavy (non-hydrogen) atoms. The molecule has 0 saturated heterocycles. The Bertz CT molecular complexity index is 490. The minimum absolute atomic E-state index is 0.270. The minimum atomic E-state index is -1.91. The predicted molar refractivity (Wildman–Crippen MR) is 91.0 cm³/mol. The van der Waals surface area contributed by atoms with Gasteiger partial charge in [0.2, 0.25) is 16.6 Å². The van der Waals surface area contributed by atoms with Gasteiger partial charge in [-0.2, -0.15) is 0 Å². The third kappa shape index (κ3) is 5.72. The summed E-state index contributed by atoms with van der Waals surface area (Å²) in [5, 5.41) is 0. The molecule has 0 bridgehead atoms. The van der Waals surface area contributed by atoms with E-state index in [1.54, 1.807) is 11.8 Å². The predicted octanol–water partition coefficient (Wildman–Crippen LogP) is 4.61. The van der Waals surface area contributed by atoms with Crippen LogP contribution in [0.25, 0.3) is 0 Å². The lowest BCUT2D eigenvalue weighted by molar-refractivity contribution is 0.0722. The van der Waals surface area contributed by atoms with Crippen LogP contribution in [0.3, 0.4) is 0 Å². The zero-order valence-electron chi connectivity index (χ0n) is 13.4. The van der Waals surface area contributed by atoms with Crippen LogP contribution in [0.2, 0.25) is 39.3 Å². The topological polar surface area (TPSA) is 35.5 Å². The van der Waals surface area contributed by atoms with Gasteiger partial charge >= 0.3 is 5.97 Å². The second-order valence-electron chi connectivity index (χ2n) is 6.58. The summed E-state index contributed by atoms with van der Waals surface area (Å²) >= 11 is 1.60. The van der Waals surface area contributed by atoms with Crippen LogP contribution < -0.4 is 4.43 Å². The summed E-state index contributed by atoms with van der Waals surface area (Å²) in [6.45, 7) is 12.3. The fraction of sp³-hybridized carbons (Fsp3) is 0.500. The molecule has 0 radical (unpaired) electrons.